The molecule has 0 bridgehead atoms. The highest BCUT2D eigenvalue weighted by molar-refractivity contribution is 5.30. The number of nitrogens with one attached hydrogen (secondary N) is 1. The first-order chi connectivity index (χ1) is 9.67. The zero-order valence-electron chi connectivity index (χ0n) is 12.6. The summed E-state index contributed by atoms with van der Waals surface area (Å²) < 4.78 is 16.1. The lowest BCUT2D eigenvalue weighted by atomic mass is 10.0. The number of benzene rings is 1. The van der Waals surface area contributed by atoms with E-state index in [4.69, 9.17) is 20.1 Å². The van der Waals surface area contributed by atoms with Gasteiger partial charge in [0, 0.05) is 19.8 Å². The van der Waals surface area contributed by atoms with Crippen molar-refractivity contribution in [1.29, 1.82) is 0 Å². The average molecular weight is 282 g/mol. The third kappa shape index (κ3) is 6.34. The third-order valence-corrected chi connectivity index (χ3v) is 2.82. The van der Waals surface area contributed by atoms with Crippen molar-refractivity contribution in [3.8, 4) is 5.75 Å². The van der Waals surface area contributed by atoms with E-state index in [1.165, 1.54) is 0 Å². The van der Waals surface area contributed by atoms with E-state index in [9.17, 15) is 0 Å². The molecule has 5 heteroatoms. The van der Waals surface area contributed by atoms with Crippen LogP contribution >= 0.6 is 0 Å². The summed E-state index contributed by atoms with van der Waals surface area (Å²) in [4.78, 5) is 0. The molecular formula is C15H26N2O3. The SMILES string of the molecule is COCCOCCC(NN)c1cccc(OC(C)C)c1. The second-order valence-electron chi connectivity index (χ2n) is 4.85. The second-order valence-corrected chi connectivity index (χ2v) is 4.85. The maximum absolute atomic E-state index is 5.69. The average Bonchev–Trinajstić information content (AvgIpc) is 2.42. The molecule has 0 radical (unpaired) electrons. The molecule has 0 saturated carbocycles. The minimum atomic E-state index is 0.0493. The number of hydrogen-bond acceptors (Lipinski definition) is 5. The number of nitrogens with two attached hydrogens (primary N) is 1. The minimum absolute atomic E-state index is 0.0493. The van der Waals surface area contributed by atoms with E-state index >= 15 is 0 Å². The minimum Gasteiger partial charge on any atom is -0.491 e. The fourth-order valence-electron chi connectivity index (χ4n) is 1.87. The molecule has 0 saturated heterocycles. The summed E-state index contributed by atoms with van der Waals surface area (Å²) in [6, 6.07) is 8.02. The molecule has 0 amide bonds. The molecule has 0 aliphatic carbocycles. The Hall–Kier alpha value is -1.14. The highest BCUT2D eigenvalue weighted by Crippen LogP contribution is 2.22. The lowest BCUT2D eigenvalue weighted by Gasteiger charge is -2.18. The molecule has 0 spiro atoms. The van der Waals surface area contributed by atoms with Crippen LogP contribution in [0.5, 0.6) is 5.75 Å². The number of methoxy groups -OCH3 is 1. The molecule has 1 aromatic rings. The summed E-state index contributed by atoms with van der Waals surface area (Å²) >= 11 is 0. The maximum Gasteiger partial charge on any atom is 0.120 e. The Morgan fingerprint density at radius 2 is 2.00 bits per heavy atom. The Morgan fingerprint density at radius 1 is 1.20 bits per heavy atom. The monoisotopic (exact) mass is 282 g/mol. The van der Waals surface area contributed by atoms with Gasteiger partial charge < -0.3 is 14.2 Å². The normalized spacial score (nSPS) is 12.7. The molecule has 1 aromatic carbocycles. The van der Waals surface area contributed by atoms with Crippen molar-refractivity contribution in [1.82, 2.24) is 5.43 Å². The van der Waals surface area contributed by atoms with Crippen molar-refractivity contribution < 1.29 is 14.2 Å². The van der Waals surface area contributed by atoms with Gasteiger partial charge in [-0.15, -0.1) is 0 Å². The Bertz CT molecular complexity index is 372. The van der Waals surface area contributed by atoms with E-state index in [0.29, 0.717) is 19.8 Å². The van der Waals surface area contributed by atoms with Crippen LogP contribution in [0.25, 0.3) is 0 Å². The Kier molecular flexibility index (Phi) is 8.22. The lowest BCUT2D eigenvalue weighted by Crippen LogP contribution is -2.29. The number of hydrogen-bond donors (Lipinski definition) is 2. The molecule has 0 heterocycles. The Balaban J connectivity index is 2.51. The van der Waals surface area contributed by atoms with Crippen LogP contribution in [0.3, 0.4) is 0 Å². The first-order valence-electron chi connectivity index (χ1n) is 6.96. The van der Waals surface area contributed by atoms with Gasteiger partial charge in [-0.2, -0.15) is 0 Å². The van der Waals surface area contributed by atoms with Gasteiger partial charge in [-0.25, -0.2) is 0 Å². The number of rotatable bonds is 10. The van der Waals surface area contributed by atoms with E-state index in [1.807, 2.05) is 38.1 Å². The second kappa shape index (κ2) is 9.72. The van der Waals surface area contributed by atoms with E-state index in [0.717, 1.165) is 17.7 Å². The van der Waals surface area contributed by atoms with Gasteiger partial charge >= 0.3 is 0 Å². The fraction of sp³-hybridized carbons (Fsp3) is 0.600. The van der Waals surface area contributed by atoms with E-state index < -0.39 is 0 Å². The topological polar surface area (TPSA) is 65.7 Å². The number of hydrazine groups is 1. The first kappa shape index (κ1) is 16.9. The van der Waals surface area contributed by atoms with E-state index in [1.54, 1.807) is 7.11 Å². The van der Waals surface area contributed by atoms with Crippen molar-refractivity contribution in [2.24, 2.45) is 5.84 Å². The fourth-order valence-corrected chi connectivity index (χ4v) is 1.87. The standard InChI is InChI=1S/C15H26N2O3/c1-12(2)20-14-6-4-5-13(11-14)15(17-16)7-8-19-10-9-18-3/h4-6,11-12,15,17H,7-10,16H2,1-3H3. The predicted octanol–water partition coefficient (Wildman–Crippen LogP) is 2.03. The summed E-state index contributed by atoms with van der Waals surface area (Å²) in [7, 11) is 1.66. The van der Waals surface area contributed by atoms with Gasteiger partial charge in [-0.3, -0.25) is 11.3 Å². The molecule has 20 heavy (non-hydrogen) atoms. The Labute approximate surface area is 121 Å². The molecule has 3 N–H and O–H groups in total. The van der Waals surface area contributed by atoms with Gasteiger partial charge in [-0.1, -0.05) is 12.1 Å². The van der Waals surface area contributed by atoms with Gasteiger partial charge in [0.15, 0.2) is 0 Å². The van der Waals surface area contributed by atoms with Crippen LogP contribution in [0.1, 0.15) is 31.9 Å². The van der Waals surface area contributed by atoms with Crippen LogP contribution in [0.2, 0.25) is 0 Å². The molecule has 114 valence electrons. The first-order valence-corrected chi connectivity index (χ1v) is 6.96. The van der Waals surface area contributed by atoms with Crippen LogP contribution < -0.4 is 16.0 Å². The van der Waals surface area contributed by atoms with E-state index in [-0.39, 0.29) is 12.1 Å². The van der Waals surface area contributed by atoms with Crippen LogP contribution in [0.15, 0.2) is 24.3 Å². The highest BCUT2D eigenvalue weighted by Gasteiger charge is 2.10. The van der Waals surface area contributed by atoms with Crippen LogP contribution in [-0.4, -0.2) is 33.0 Å². The molecule has 0 aliphatic rings. The summed E-state index contributed by atoms with van der Waals surface area (Å²) in [5.74, 6) is 6.49. The molecule has 0 aromatic heterocycles. The van der Waals surface area contributed by atoms with Gasteiger partial charge in [0.2, 0.25) is 0 Å². The largest absolute Gasteiger partial charge is 0.491 e. The smallest absolute Gasteiger partial charge is 0.120 e. The van der Waals surface area contributed by atoms with E-state index in [2.05, 4.69) is 5.43 Å². The maximum atomic E-state index is 5.69. The summed E-state index contributed by atoms with van der Waals surface area (Å²) in [6.07, 6.45) is 0.956. The quantitative estimate of drug-likeness (QED) is 0.390. The molecule has 1 rings (SSSR count). The molecule has 1 atom stereocenters. The molecule has 1 unspecified atom stereocenters. The summed E-state index contributed by atoms with van der Waals surface area (Å²) in [5.41, 5.74) is 3.92. The molecule has 5 nitrogen and oxygen atoms in total. The highest BCUT2D eigenvalue weighted by atomic mass is 16.5. The van der Waals surface area contributed by atoms with Crippen molar-refractivity contribution >= 4 is 0 Å². The van der Waals surface area contributed by atoms with Crippen LogP contribution in [0, 0.1) is 0 Å². The van der Waals surface area contributed by atoms with Crippen LogP contribution in [0.4, 0.5) is 0 Å². The zero-order valence-corrected chi connectivity index (χ0v) is 12.6. The van der Waals surface area contributed by atoms with Crippen molar-refractivity contribution in [2.75, 3.05) is 26.9 Å². The van der Waals surface area contributed by atoms with Gasteiger partial charge in [0.25, 0.3) is 0 Å². The zero-order chi connectivity index (χ0) is 14.8. The summed E-state index contributed by atoms with van der Waals surface area (Å²) in [5, 5.41) is 0. The third-order valence-electron chi connectivity index (χ3n) is 2.82. The molecule has 0 fully saturated rings. The molecular weight excluding hydrogens is 256 g/mol. The summed E-state index contributed by atoms with van der Waals surface area (Å²) in [6.45, 7) is 5.86. The van der Waals surface area contributed by atoms with Crippen molar-refractivity contribution in [2.45, 2.75) is 32.4 Å². The number of ether oxygens (including phenoxy) is 3. The van der Waals surface area contributed by atoms with Crippen molar-refractivity contribution in [3.05, 3.63) is 29.8 Å². The molecule has 0 aliphatic heterocycles. The Morgan fingerprint density at radius 3 is 2.65 bits per heavy atom. The lowest BCUT2D eigenvalue weighted by molar-refractivity contribution is 0.0657. The van der Waals surface area contributed by atoms with Gasteiger partial charge in [0.1, 0.15) is 5.75 Å². The van der Waals surface area contributed by atoms with Crippen molar-refractivity contribution in [3.63, 3.8) is 0 Å². The predicted molar refractivity (Wildman–Crippen MR) is 79.6 cm³/mol. The van der Waals surface area contributed by atoms with Gasteiger partial charge in [0.05, 0.1) is 19.3 Å². The van der Waals surface area contributed by atoms with Gasteiger partial charge in [-0.05, 0) is 38.0 Å². The van der Waals surface area contributed by atoms with Crippen LogP contribution in [-0.2, 0) is 9.47 Å².